The van der Waals surface area contributed by atoms with E-state index in [1.54, 1.807) is 0 Å². The van der Waals surface area contributed by atoms with E-state index in [2.05, 4.69) is 31.8 Å². The minimum absolute atomic E-state index is 0.399. The van der Waals surface area contributed by atoms with Crippen LogP contribution in [-0.2, 0) is 0 Å². The third-order valence-corrected chi connectivity index (χ3v) is 2.84. The van der Waals surface area contributed by atoms with Crippen LogP contribution in [0.4, 0.5) is 0 Å². The van der Waals surface area contributed by atoms with Crippen molar-refractivity contribution in [1.82, 2.24) is 5.32 Å². The van der Waals surface area contributed by atoms with E-state index in [0.717, 1.165) is 13.0 Å². The first kappa shape index (κ1) is 13.3. The summed E-state index contributed by atoms with van der Waals surface area (Å²) in [4.78, 5) is 0. The zero-order valence-electron chi connectivity index (χ0n) is 9.18. The molecule has 0 saturated carbocycles. The number of thiol groups is 1. The Balaban J connectivity index is 2.91. The summed E-state index contributed by atoms with van der Waals surface area (Å²) in [6, 6.07) is 0. The van der Waals surface area contributed by atoms with Crippen LogP contribution in [0.25, 0.3) is 0 Å². The summed E-state index contributed by atoms with van der Waals surface area (Å²) in [5.41, 5.74) is 0. The van der Waals surface area contributed by atoms with E-state index in [1.165, 1.54) is 38.5 Å². The second-order valence-electron chi connectivity index (χ2n) is 3.65. The second-order valence-corrected chi connectivity index (χ2v) is 4.27. The molecule has 0 aliphatic rings. The van der Waals surface area contributed by atoms with Gasteiger partial charge in [0.1, 0.15) is 0 Å². The molecule has 0 aromatic rings. The molecule has 1 unspecified atom stereocenters. The quantitative estimate of drug-likeness (QED) is 0.331. The first-order chi connectivity index (χ1) is 6.31. The van der Waals surface area contributed by atoms with Gasteiger partial charge in [-0.05, 0) is 19.4 Å². The second kappa shape index (κ2) is 10.4. The standard InChI is InChI=1S/C11H25NS/c1-3-5-6-7-8-9-10-12-11(13)4-2/h11-13H,3-10H2,1-2H3. The molecule has 1 atom stereocenters. The highest BCUT2D eigenvalue weighted by molar-refractivity contribution is 7.80. The fraction of sp³-hybridized carbons (Fsp3) is 1.00. The third-order valence-electron chi connectivity index (χ3n) is 2.30. The number of rotatable bonds is 9. The fourth-order valence-electron chi connectivity index (χ4n) is 1.32. The van der Waals surface area contributed by atoms with Crippen LogP contribution in [0.2, 0.25) is 0 Å². The molecule has 0 amide bonds. The molecule has 0 aliphatic heterocycles. The number of unbranched alkanes of at least 4 members (excludes halogenated alkanes) is 5. The lowest BCUT2D eigenvalue weighted by molar-refractivity contribution is 0.558. The first-order valence-electron chi connectivity index (χ1n) is 5.72. The van der Waals surface area contributed by atoms with Crippen molar-refractivity contribution in [1.29, 1.82) is 0 Å². The van der Waals surface area contributed by atoms with E-state index in [9.17, 15) is 0 Å². The van der Waals surface area contributed by atoms with Crippen LogP contribution in [0.1, 0.15) is 58.8 Å². The van der Waals surface area contributed by atoms with E-state index >= 15 is 0 Å². The van der Waals surface area contributed by atoms with E-state index < -0.39 is 0 Å². The van der Waals surface area contributed by atoms with Gasteiger partial charge in [0.05, 0.1) is 0 Å². The highest BCUT2D eigenvalue weighted by Crippen LogP contribution is 2.04. The molecule has 0 heterocycles. The normalized spacial score (nSPS) is 13.2. The zero-order valence-corrected chi connectivity index (χ0v) is 10.1. The van der Waals surface area contributed by atoms with Gasteiger partial charge >= 0.3 is 0 Å². The maximum absolute atomic E-state index is 4.38. The van der Waals surface area contributed by atoms with E-state index in [4.69, 9.17) is 0 Å². The van der Waals surface area contributed by atoms with Gasteiger partial charge in [0.25, 0.3) is 0 Å². The number of hydrogen-bond donors (Lipinski definition) is 2. The molecule has 0 aliphatic carbocycles. The van der Waals surface area contributed by atoms with Gasteiger partial charge in [-0.15, -0.1) is 0 Å². The van der Waals surface area contributed by atoms with Crippen molar-refractivity contribution in [3.63, 3.8) is 0 Å². The largest absolute Gasteiger partial charge is 0.306 e. The molecule has 13 heavy (non-hydrogen) atoms. The monoisotopic (exact) mass is 203 g/mol. The average Bonchev–Trinajstić information content (AvgIpc) is 2.16. The molecule has 0 aromatic heterocycles. The summed E-state index contributed by atoms with van der Waals surface area (Å²) < 4.78 is 0. The molecular formula is C11H25NS. The van der Waals surface area contributed by atoms with Crippen LogP contribution >= 0.6 is 12.6 Å². The predicted molar refractivity (Wildman–Crippen MR) is 64.4 cm³/mol. The lowest BCUT2D eigenvalue weighted by atomic mass is 10.1. The van der Waals surface area contributed by atoms with Crippen molar-refractivity contribution in [3.8, 4) is 0 Å². The Kier molecular flexibility index (Phi) is 10.6. The Morgan fingerprint density at radius 2 is 1.62 bits per heavy atom. The summed E-state index contributed by atoms with van der Waals surface area (Å²) in [6.07, 6.45) is 9.34. The maximum Gasteiger partial charge on any atom is 0.0499 e. The number of nitrogens with one attached hydrogen (secondary N) is 1. The van der Waals surface area contributed by atoms with Gasteiger partial charge in [-0.1, -0.05) is 46.0 Å². The van der Waals surface area contributed by atoms with Crippen molar-refractivity contribution in [2.24, 2.45) is 0 Å². The van der Waals surface area contributed by atoms with Crippen molar-refractivity contribution < 1.29 is 0 Å². The van der Waals surface area contributed by atoms with Crippen LogP contribution in [0.5, 0.6) is 0 Å². The van der Waals surface area contributed by atoms with Gasteiger partial charge in [-0.3, -0.25) is 0 Å². The topological polar surface area (TPSA) is 12.0 Å². The molecule has 0 fully saturated rings. The Bertz CT molecular complexity index is 96.1. The summed E-state index contributed by atoms with van der Waals surface area (Å²) >= 11 is 4.38. The SMILES string of the molecule is CCCCCCCCNC(S)CC. The molecule has 1 nitrogen and oxygen atoms in total. The highest BCUT2D eigenvalue weighted by Gasteiger charge is 1.96. The zero-order chi connectivity index (χ0) is 9.94. The van der Waals surface area contributed by atoms with Crippen LogP contribution in [0.3, 0.4) is 0 Å². The van der Waals surface area contributed by atoms with Gasteiger partial charge < -0.3 is 5.32 Å². The average molecular weight is 203 g/mol. The Morgan fingerprint density at radius 1 is 1.00 bits per heavy atom. The van der Waals surface area contributed by atoms with Crippen LogP contribution in [-0.4, -0.2) is 11.9 Å². The van der Waals surface area contributed by atoms with Crippen LogP contribution < -0.4 is 5.32 Å². The van der Waals surface area contributed by atoms with Crippen molar-refractivity contribution in [3.05, 3.63) is 0 Å². The molecular weight excluding hydrogens is 178 g/mol. The van der Waals surface area contributed by atoms with E-state index in [-0.39, 0.29) is 0 Å². The van der Waals surface area contributed by atoms with E-state index in [0.29, 0.717) is 5.37 Å². The lowest BCUT2D eigenvalue weighted by Gasteiger charge is -2.09. The smallest absolute Gasteiger partial charge is 0.0499 e. The molecule has 80 valence electrons. The summed E-state index contributed by atoms with van der Waals surface area (Å²) in [6.45, 7) is 5.55. The minimum atomic E-state index is 0.399. The molecule has 1 N–H and O–H groups in total. The molecule has 0 spiro atoms. The summed E-state index contributed by atoms with van der Waals surface area (Å²) in [7, 11) is 0. The molecule has 0 aromatic carbocycles. The lowest BCUT2D eigenvalue weighted by Crippen LogP contribution is -2.23. The maximum atomic E-state index is 4.38. The molecule has 0 saturated heterocycles. The Hall–Kier alpha value is 0.310. The van der Waals surface area contributed by atoms with Gasteiger partial charge in [0.2, 0.25) is 0 Å². The van der Waals surface area contributed by atoms with Crippen LogP contribution in [0, 0.1) is 0 Å². The third kappa shape index (κ3) is 10.2. The minimum Gasteiger partial charge on any atom is -0.306 e. The highest BCUT2D eigenvalue weighted by atomic mass is 32.1. The van der Waals surface area contributed by atoms with Crippen molar-refractivity contribution in [2.45, 2.75) is 64.2 Å². The van der Waals surface area contributed by atoms with E-state index in [1.807, 2.05) is 0 Å². The van der Waals surface area contributed by atoms with Gasteiger partial charge in [-0.25, -0.2) is 0 Å². The van der Waals surface area contributed by atoms with Crippen LogP contribution in [0.15, 0.2) is 0 Å². The van der Waals surface area contributed by atoms with Crippen molar-refractivity contribution in [2.75, 3.05) is 6.54 Å². The van der Waals surface area contributed by atoms with Crippen molar-refractivity contribution >= 4 is 12.6 Å². The predicted octanol–water partition coefficient (Wildman–Crippen LogP) is 3.60. The molecule has 0 radical (unpaired) electrons. The van der Waals surface area contributed by atoms with Gasteiger partial charge in [0.15, 0.2) is 0 Å². The fourth-order valence-corrected chi connectivity index (χ4v) is 1.45. The van der Waals surface area contributed by atoms with Gasteiger partial charge in [-0.2, -0.15) is 12.6 Å². The summed E-state index contributed by atoms with van der Waals surface area (Å²) in [5.74, 6) is 0. The molecule has 2 heteroatoms. The molecule has 0 rings (SSSR count). The molecule has 0 bridgehead atoms. The summed E-state index contributed by atoms with van der Waals surface area (Å²) in [5, 5.41) is 3.79. The Labute approximate surface area is 89.1 Å². The first-order valence-corrected chi connectivity index (χ1v) is 6.24. The Morgan fingerprint density at radius 3 is 2.23 bits per heavy atom. The van der Waals surface area contributed by atoms with Gasteiger partial charge in [0, 0.05) is 5.37 Å². The number of hydrogen-bond acceptors (Lipinski definition) is 2.